The van der Waals surface area contributed by atoms with E-state index in [0.29, 0.717) is 13.0 Å². The molecule has 1 atom stereocenters. The highest BCUT2D eigenvalue weighted by Crippen LogP contribution is 2.24. The molecule has 0 unspecified atom stereocenters. The number of primary sulfonamides is 1. The highest BCUT2D eigenvalue weighted by atomic mass is 32.2. The van der Waals surface area contributed by atoms with E-state index in [1.165, 1.54) is 12.1 Å². The molecule has 10 heteroatoms. The Morgan fingerprint density at radius 1 is 1.18 bits per heavy atom. The maximum atomic E-state index is 13.6. The van der Waals surface area contributed by atoms with Gasteiger partial charge in [-0.15, -0.1) is 0 Å². The molecule has 0 spiro atoms. The van der Waals surface area contributed by atoms with Gasteiger partial charge in [0.2, 0.25) is 21.8 Å². The van der Waals surface area contributed by atoms with E-state index in [9.17, 15) is 18.0 Å². The first kappa shape index (κ1) is 23.9. The SMILES string of the molecule is CC(C)(N)C(=O)N[C@H](Cc1c[nH]c2ccccc12)C(=O)N1CCc2ccc(S(N)(=O)=O)cc2C1. The molecule has 0 saturated heterocycles. The van der Waals surface area contributed by atoms with Gasteiger partial charge >= 0.3 is 0 Å². The zero-order chi connectivity index (χ0) is 24.7. The van der Waals surface area contributed by atoms with Crippen molar-refractivity contribution in [3.8, 4) is 0 Å². The molecule has 0 saturated carbocycles. The van der Waals surface area contributed by atoms with Crippen LogP contribution in [0.1, 0.15) is 30.5 Å². The number of para-hydroxylation sites is 1. The molecule has 4 rings (SSSR count). The van der Waals surface area contributed by atoms with E-state index < -0.39 is 27.5 Å². The van der Waals surface area contributed by atoms with E-state index in [1.54, 1.807) is 24.8 Å². The number of H-pyrrole nitrogens is 1. The molecule has 2 amide bonds. The largest absolute Gasteiger partial charge is 0.361 e. The molecule has 0 fully saturated rings. The molecule has 3 aromatic rings. The summed E-state index contributed by atoms with van der Waals surface area (Å²) in [5.74, 6) is -0.686. The van der Waals surface area contributed by atoms with Crippen LogP contribution in [0.15, 0.2) is 53.6 Å². The van der Waals surface area contributed by atoms with Crippen molar-refractivity contribution < 1.29 is 18.0 Å². The Bertz CT molecular complexity index is 1360. The van der Waals surface area contributed by atoms with Crippen molar-refractivity contribution in [1.29, 1.82) is 0 Å². The quantitative estimate of drug-likeness (QED) is 0.415. The predicted molar refractivity (Wildman–Crippen MR) is 129 cm³/mol. The van der Waals surface area contributed by atoms with Crippen LogP contribution in [0.3, 0.4) is 0 Å². The number of aromatic nitrogens is 1. The van der Waals surface area contributed by atoms with Gasteiger partial charge in [0, 0.05) is 36.6 Å². The fraction of sp³-hybridized carbons (Fsp3) is 0.333. The van der Waals surface area contributed by atoms with Crippen LogP contribution in [0.2, 0.25) is 0 Å². The summed E-state index contributed by atoms with van der Waals surface area (Å²) >= 11 is 0. The lowest BCUT2D eigenvalue weighted by atomic mass is 9.97. The summed E-state index contributed by atoms with van der Waals surface area (Å²) in [6, 6.07) is 11.6. The Labute approximate surface area is 198 Å². The summed E-state index contributed by atoms with van der Waals surface area (Å²) in [6.45, 7) is 3.85. The van der Waals surface area contributed by atoms with Gasteiger partial charge in [0.05, 0.1) is 10.4 Å². The molecule has 9 nitrogen and oxygen atoms in total. The molecule has 1 aliphatic rings. The maximum absolute atomic E-state index is 13.6. The van der Waals surface area contributed by atoms with Gasteiger partial charge in [0.15, 0.2) is 0 Å². The van der Waals surface area contributed by atoms with Crippen LogP contribution in [0.25, 0.3) is 10.9 Å². The van der Waals surface area contributed by atoms with Gasteiger partial charge in [-0.25, -0.2) is 13.6 Å². The summed E-state index contributed by atoms with van der Waals surface area (Å²) in [7, 11) is -3.86. The molecule has 34 heavy (non-hydrogen) atoms. The first-order valence-corrected chi connectivity index (χ1v) is 12.6. The molecule has 1 aliphatic heterocycles. The van der Waals surface area contributed by atoms with Crippen LogP contribution >= 0.6 is 0 Å². The molecule has 2 heterocycles. The van der Waals surface area contributed by atoms with Gasteiger partial charge in [0.1, 0.15) is 6.04 Å². The second kappa shape index (κ2) is 8.86. The van der Waals surface area contributed by atoms with Crippen molar-refractivity contribution in [2.75, 3.05) is 6.54 Å². The standard InChI is InChI=1S/C24H29N5O4S/c1-24(2,25)23(31)28-21(12-16-13-27-20-6-4-3-5-19(16)20)22(30)29-10-9-15-7-8-18(34(26,32)33)11-17(15)14-29/h3-8,11,13,21,27H,9-10,12,14,25H2,1-2H3,(H,28,31)(H2,26,32,33)/t21-/m1/s1. The van der Waals surface area contributed by atoms with Crippen molar-refractivity contribution in [1.82, 2.24) is 15.2 Å². The minimum atomic E-state index is -3.86. The number of fused-ring (bicyclic) bond motifs is 2. The molecule has 1 aromatic heterocycles. The number of nitrogens with one attached hydrogen (secondary N) is 2. The number of amides is 2. The molecule has 180 valence electrons. The molecule has 0 aliphatic carbocycles. The smallest absolute Gasteiger partial charge is 0.245 e. The van der Waals surface area contributed by atoms with Gasteiger partial charge in [-0.2, -0.15) is 0 Å². The number of nitrogens with two attached hydrogens (primary N) is 2. The highest BCUT2D eigenvalue weighted by molar-refractivity contribution is 7.89. The molecule has 0 bridgehead atoms. The monoisotopic (exact) mass is 483 g/mol. The second-order valence-corrected chi connectivity index (χ2v) is 10.9. The number of nitrogens with zero attached hydrogens (tertiary/aromatic N) is 1. The summed E-state index contributed by atoms with van der Waals surface area (Å²) in [5, 5.41) is 9.09. The lowest BCUT2D eigenvalue weighted by Gasteiger charge is -2.33. The van der Waals surface area contributed by atoms with Gasteiger partial charge in [-0.05, 0) is 55.2 Å². The Kier molecular flexibility index (Phi) is 6.24. The Morgan fingerprint density at radius 3 is 2.62 bits per heavy atom. The summed E-state index contributed by atoms with van der Waals surface area (Å²) in [4.78, 5) is 31.2. The van der Waals surface area contributed by atoms with Gasteiger partial charge in [0.25, 0.3) is 0 Å². The third-order valence-electron chi connectivity index (χ3n) is 6.12. The van der Waals surface area contributed by atoms with E-state index in [-0.39, 0.29) is 23.8 Å². The molecule has 2 aromatic carbocycles. The number of carbonyl (C=O) groups is 2. The van der Waals surface area contributed by atoms with E-state index in [4.69, 9.17) is 10.9 Å². The predicted octanol–water partition coefficient (Wildman–Crippen LogP) is 1.16. The number of aromatic amines is 1. The second-order valence-electron chi connectivity index (χ2n) is 9.30. The van der Waals surface area contributed by atoms with E-state index in [2.05, 4.69) is 10.3 Å². The number of hydrogen-bond donors (Lipinski definition) is 4. The Balaban J connectivity index is 1.62. The summed E-state index contributed by atoms with van der Waals surface area (Å²) < 4.78 is 23.6. The van der Waals surface area contributed by atoms with Crippen LogP contribution in [0.4, 0.5) is 0 Å². The first-order valence-electron chi connectivity index (χ1n) is 11.0. The molecular weight excluding hydrogens is 454 g/mol. The van der Waals surface area contributed by atoms with Crippen molar-refractivity contribution in [2.45, 2.75) is 49.7 Å². The summed E-state index contributed by atoms with van der Waals surface area (Å²) in [5.41, 5.74) is 8.36. The molecular formula is C24H29N5O4S. The van der Waals surface area contributed by atoms with E-state index in [1.807, 2.05) is 30.5 Å². The van der Waals surface area contributed by atoms with Crippen molar-refractivity contribution in [3.63, 3.8) is 0 Å². The highest BCUT2D eigenvalue weighted by Gasteiger charge is 2.32. The van der Waals surface area contributed by atoms with E-state index >= 15 is 0 Å². The van der Waals surface area contributed by atoms with Crippen LogP contribution < -0.4 is 16.2 Å². The topological polar surface area (TPSA) is 151 Å². The molecule has 6 N–H and O–H groups in total. The maximum Gasteiger partial charge on any atom is 0.245 e. The molecule has 0 radical (unpaired) electrons. The zero-order valence-corrected chi connectivity index (χ0v) is 20.0. The summed E-state index contributed by atoms with van der Waals surface area (Å²) in [6.07, 6.45) is 2.70. The Morgan fingerprint density at radius 2 is 1.91 bits per heavy atom. The van der Waals surface area contributed by atoms with E-state index in [0.717, 1.165) is 27.6 Å². The Hall–Kier alpha value is -3.21. The number of sulfonamides is 1. The third-order valence-corrected chi connectivity index (χ3v) is 7.03. The number of rotatable bonds is 6. The van der Waals surface area contributed by atoms with Crippen LogP contribution in [0.5, 0.6) is 0 Å². The third kappa shape index (κ3) is 4.98. The fourth-order valence-corrected chi connectivity index (χ4v) is 4.75. The van der Waals surface area contributed by atoms with Crippen molar-refractivity contribution in [3.05, 3.63) is 65.4 Å². The first-order chi connectivity index (χ1) is 15.9. The normalized spacial score (nSPS) is 15.1. The van der Waals surface area contributed by atoms with Gasteiger partial charge in [-0.3, -0.25) is 9.59 Å². The fourth-order valence-electron chi connectivity index (χ4n) is 4.18. The van der Waals surface area contributed by atoms with Crippen LogP contribution in [-0.4, -0.2) is 48.2 Å². The number of benzene rings is 2. The average Bonchev–Trinajstić information content (AvgIpc) is 3.19. The minimum absolute atomic E-state index is 0.00840. The average molecular weight is 484 g/mol. The van der Waals surface area contributed by atoms with Gasteiger partial charge < -0.3 is 20.9 Å². The van der Waals surface area contributed by atoms with Crippen molar-refractivity contribution in [2.24, 2.45) is 10.9 Å². The zero-order valence-electron chi connectivity index (χ0n) is 19.2. The van der Waals surface area contributed by atoms with Crippen molar-refractivity contribution >= 4 is 32.7 Å². The lowest BCUT2D eigenvalue weighted by Crippen LogP contribution is -2.57. The minimum Gasteiger partial charge on any atom is -0.361 e. The van der Waals surface area contributed by atoms with Crippen LogP contribution in [-0.2, 0) is 39.0 Å². The number of carbonyl (C=O) groups excluding carboxylic acids is 2. The van der Waals surface area contributed by atoms with Gasteiger partial charge in [-0.1, -0.05) is 24.3 Å². The number of hydrogen-bond acceptors (Lipinski definition) is 5. The lowest BCUT2D eigenvalue weighted by molar-refractivity contribution is -0.138. The van der Waals surface area contributed by atoms with Crippen LogP contribution in [0, 0.1) is 0 Å².